The number of unbranched alkanes of at least 4 members (excludes halogenated alkanes) is 35. The van der Waals surface area contributed by atoms with Gasteiger partial charge in [0.25, 0.3) is 0 Å². The van der Waals surface area contributed by atoms with Gasteiger partial charge in [-0.3, -0.25) is 4.79 Å². The number of hydrogen-bond acceptors (Lipinski definition) is 4. The van der Waals surface area contributed by atoms with Crippen LogP contribution in [0, 0.1) is 0 Å². The van der Waals surface area contributed by atoms with Gasteiger partial charge in [-0.2, -0.15) is 0 Å². The monoisotopic (exact) mass is 790 g/mol. The summed E-state index contributed by atoms with van der Waals surface area (Å²) in [6.45, 7) is 4.24. The highest BCUT2D eigenvalue weighted by Gasteiger charge is 2.20. The average molecular weight is 790 g/mol. The van der Waals surface area contributed by atoms with Gasteiger partial charge >= 0.3 is 0 Å². The Bertz CT molecular complexity index is 829. The van der Waals surface area contributed by atoms with Crippen LogP contribution in [-0.2, 0) is 4.79 Å². The van der Waals surface area contributed by atoms with E-state index >= 15 is 0 Å². The smallest absolute Gasteiger partial charge is 0.222 e. The number of aliphatic hydroxyl groups excluding tert-OH is 3. The predicted octanol–water partition coefficient (Wildman–Crippen LogP) is 14.9. The molecule has 0 aromatic rings. The summed E-state index contributed by atoms with van der Waals surface area (Å²) >= 11 is 0. The fourth-order valence-electron chi connectivity index (χ4n) is 7.87. The van der Waals surface area contributed by atoms with Gasteiger partial charge in [-0.25, -0.2) is 0 Å². The topological polar surface area (TPSA) is 89.8 Å². The van der Waals surface area contributed by atoms with Gasteiger partial charge in [0.15, 0.2) is 0 Å². The van der Waals surface area contributed by atoms with E-state index in [2.05, 4.69) is 31.3 Å². The molecule has 0 bridgehead atoms. The zero-order chi connectivity index (χ0) is 40.8. The van der Waals surface area contributed by atoms with Crippen LogP contribution in [0.15, 0.2) is 24.3 Å². The van der Waals surface area contributed by atoms with Crippen molar-refractivity contribution in [2.45, 2.75) is 289 Å². The number of carbonyl (C=O) groups is 1. The van der Waals surface area contributed by atoms with Gasteiger partial charge in [-0.05, 0) is 44.9 Å². The van der Waals surface area contributed by atoms with Crippen molar-refractivity contribution in [2.75, 3.05) is 6.61 Å². The molecule has 0 fully saturated rings. The molecule has 56 heavy (non-hydrogen) atoms. The molecule has 1 amide bonds. The van der Waals surface area contributed by atoms with E-state index in [1.54, 1.807) is 6.08 Å². The molecule has 5 nitrogen and oxygen atoms in total. The molecule has 0 spiro atoms. The van der Waals surface area contributed by atoms with Gasteiger partial charge in [-0.15, -0.1) is 0 Å². The third kappa shape index (κ3) is 42.4. The predicted molar refractivity (Wildman–Crippen MR) is 245 cm³/mol. The van der Waals surface area contributed by atoms with Crippen molar-refractivity contribution < 1.29 is 20.1 Å². The van der Waals surface area contributed by atoms with E-state index in [9.17, 15) is 20.1 Å². The fourth-order valence-corrected chi connectivity index (χ4v) is 7.87. The molecule has 0 aromatic carbocycles. The molecular formula is C51H99NO4. The minimum Gasteiger partial charge on any atom is -0.394 e. The molecule has 0 saturated heterocycles. The average Bonchev–Trinajstić information content (AvgIpc) is 3.19. The molecular weight excluding hydrogens is 691 g/mol. The van der Waals surface area contributed by atoms with Gasteiger partial charge in [-0.1, -0.05) is 244 Å². The highest BCUT2D eigenvalue weighted by atomic mass is 16.3. The molecule has 5 heteroatoms. The molecule has 0 saturated carbocycles. The molecule has 332 valence electrons. The summed E-state index contributed by atoms with van der Waals surface area (Å²) in [4.78, 5) is 12.5. The third-order valence-electron chi connectivity index (χ3n) is 11.7. The largest absolute Gasteiger partial charge is 0.394 e. The van der Waals surface area contributed by atoms with Crippen molar-refractivity contribution in [3.05, 3.63) is 24.3 Å². The van der Waals surface area contributed by atoms with Gasteiger partial charge in [0.1, 0.15) is 0 Å². The van der Waals surface area contributed by atoms with Crippen LogP contribution in [0.1, 0.15) is 271 Å². The first-order valence-electron chi connectivity index (χ1n) is 25.1. The van der Waals surface area contributed by atoms with E-state index in [1.807, 2.05) is 6.08 Å². The number of carbonyl (C=O) groups excluding carboxylic acids is 1. The van der Waals surface area contributed by atoms with E-state index in [0.29, 0.717) is 6.42 Å². The molecule has 0 aliphatic heterocycles. The van der Waals surface area contributed by atoms with Crippen LogP contribution in [-0.4, -0.2) is 46.1 Å². The number of amides is 1. The van der Waals surface area contributed by atoms with Crippen LogP contribution in [0.4, 0.5) is 0 Å². The minimum atomic E-state index is -0.930. The van der Waals surface area contributed by atoms with Gasteiger partial charge in [0, 0.05) is 0 Å². The summed E-state index contributed by atoms with van der Waals surface area (Å²) < 4.78 is 0. The number of aliphatic hydroxyl groups is 3. The van der Waals surface area contributed by atoms with Crippen molar-refractivity contribution in [3.63, 3.8) is 0 Å². The molecule has 0 radical (unpaired) electrons. The molecule has 0 heterocycles. The molecule has 4 N–H and O–H groups in total. The van der Waals surface area contributed by atoms with E-state index in [0.717, 1.165) is 38.5 Å². The Morgan fingerprint density at radius 1 is 0.446 bits per heavy atom. The molecule has 0 rings (SSSR count). The van der Waals surface area contributed by atoms with E-state index in [-0.39, 0.29) is 18.9 Å². The Morgan fingerprint density at radius 3 is 1.09 bits per heavy atom. The van der Waals surface area contributed by atoms with Gasteiger partial charge in [0.05, 0.1) is 31.3 Å². The zero-order valence-corrected chi connectivity index (χ0v) is 37.8. The van der Waals surface area contributed by atoms with E-state index in [1.165, 1.54) is 205 Å². The Hall–Kier alpha value is -1.17. The van der Waals surface area contributed by atoms with Crippen molar-refractivity contribution in [1.29, 1.82) is 0 Å². The highest BCUT2D eigenvalue weighted by molar-refractivity contribution is 5.76. The van der Waals surface area contributed by atoms with E-state index in [4.69, 9.17) is 0 Å². The summed E-state index contributed by atoms with van der Waals surface area (Å²) in [5.74, 6) is -0.317. The molecule has 0 aromatic heterocycles. The molecule has 3 atom stereocenters. The lowest BCUT2D eigenvalue weighted by Crippen LogP contribution is -2.45. The van der Waals surface area contributed by atoms with Crippen LogP contribution >= 0.6 is 0 Å². The number of hydrogen-bond donors (Lipinski definition) is 4. The second-order valence-electron chi connectivity index (χ2n) is 17.4. The van der Waals surface area contributed by atoms with Crippen molar-refractivity contribution >= 4 is 5.91 Å². The van der Waals surface area contributed by atoms with Crippen molar-refractivity contribution in [3.8, 4) is 0 Å². The lowest BCUT2D eigenvalue weighted by molar-refractivity contribution is -0.124. The number of nitrogens with one attached hydrogen (secondary N) is 1. The second-order valence-corrected chi connectivity index (χ2v) is 17.4. The first kappa shape index (κ1) is 54.8. The highest BCUT2D eigenvalue weighted by Crippen LogP contribution is 2.16. The summed E-state index contributed by atoms with van der Waals surface area (Å²) in [5, 5.41) is 33.4. The van der Waals surface area contributed by atoms with Gasteiger partial charge in [0.2, 0.25) is 5.91 Å². The fraction of sp³-hybridized carbons (Fsp3) is 0.902. The number of rotatable bonds is 46. The van der Waals surface area contributed by atoms with Crippen LogP contribution in [0.2, 0.25) is 0 Å². The minimum absolute atomic E-state index is 0.0101. The summed E-state index contributed by atoms with van der Waals surface area (Å²) in [6, 6.07) is -0.746. The maximum Gasteiger partial charge on any atom is 0.222 e. The third-order valence-corrected chi connectivity index (χ3v) is 11.7. The summed E-state index contributed by atoms with van der Waals surface area (Å²) in [5.41, 5.74) is 0. The quantitative estimate of drug-likeness (QED) is 0.0365. The Labute approximate surface area is 350 Å². The normalized spacial score (nSPS) is 13.6. The second kappa shape index (κ2) is 46.5. The zero-order valence-electron chi connectivity index (χ0n) is 37.8. The van der Waals surface area contributed by atoms with Crippen molar-refractivity contribution in [1.82, 2.24) is 5.32 Å². The molecule has 0 aliphatic carbocycles. The van der Waals surface area contributed by atoms with Crippen LogP contribution in [0.3, 0.4) is 0 Å². The maximum absolute atomic E-state index is 12.5. The maximum atomic E-state index is 12.5. The SMILES string of the molecule is CCCCCCCCCCCCC/C=C\CCCCCCCC(O)CC(=O)NC(CO)C(O)/C=C/CCCCCCCCCCCCCCCCCCCCC. The lowest BCUT2D eigenvalue weighted by Gasteiger charge is -2.21. The summed E-state index contributed by atoms with van der Waals surface area (Å²) in [7, 11) is 0. The van der Waals surface area contributed by atoms with E-state index < -0.39 is 18.2 Å². The first-order chi connectivity index (χ1) is 27.5. The molecule has 0 aliphatic rings. The lowest BCUT2D eigenvalue weighted by atomic mass is 10.0. The van der Waals surface area contributed by atoms with Crippen molar-refractivity contribution in [2.24, 2.45) is 0 Å². The standard InChI is InChI=1S/C51H99NO4/c1-3-5-7-9-11-13-15-17-19-21-23-25-27-29-31-33-35-37-39-41-43-45-50(55)49(47-53)52-51(56)46-48(54)44-42-40-38-36-34-32-30-28-26-24-22-20-18-16-14-12-10-8-6-4-2/h28,30,43,45,48-50,53-55H,3-27,29,31-42,44,46-47H2,1-2H3,(H,52,56)/b30-28-,45-43+. The number of allylic oxidation sites excluding steroid dienone is 3. The Balaban J connectivity index is 3.62. The first-order valence-corrected chi connectivity index (χ1v) is 25.1. The van der Waals surface area contributed by atoms with Crippen LogP contribution in [0.25, 0.3) is 0 Å². The summed E-state index contributed by atoms with van der Waals surface area (Å²) in [6.07, 6.45) is 57.7. The van der Waals surface area contributed by atoms with Crippen LogP contribution < -0.4 is 5.32 Å². The Morgan fingerprint density at radius 2 is 0.750 bits per heavy atom. The molecule has 3 unspecified atom stereocenters. The Kier molecular flexibility index (Phi) is 45.5. The van der Waals surface area contributed by atoms with Crippen LogP contribution in [0.5, 0.6) is 0 Å². The van der Waals surface area contributed by atoms with Gasteiger partial charge < -0.3 is 20.6 Å².